The number of benzene rings is 2. The molecule has 174 valence electrons. The van der Waals surface area contributed by atoms with Crippen molar-refractivity contribution in [3.8, 4) is 0 Å². The van der Waals surface area contributed by atoms with Crippen molar-refractivity contribution in [2.75, 3.05) is 36.4 Å². The van der Waals surface area contributed by atoms with E-state index >= 15 is 0 Å². The third kappa shape index (κ3) is 7.54. The van der Waals surface area contributed by atoms with Crippen molar-refractivity contribution in [1.82, 2.24) is 4.90 Å². The number of carbonyl (C=O) groups is 1. The second-order valence-electron chi connectivity index (χ2n) is 8.43. The Morgan fingerprint density at radius 1 is 1.12 bits per heavy atom. The molecule has 1 aliphatic heterocycles. The van der Waals surface area contributed by atoms with Crippen molar-refractivity contribution < 1.29 is 13.9 Å². The summed E-state index contributed by atoms with van der Waals surface area (Å²) in [5, 5.41) is 3.00. The Bertz CT molecular complexity index is 926. The summed E-state index contributed by atoms with van der Waals surface area (Å²) in [6.07, 6.45) is -0.331. The molecule has 1 aliphatic rings. The van der Waals surface area contributed by atoms with Gasteiger partial charge in [-0.25, -0.2) is 14.2 Å². The van der Waals surface area contributed by atoms with Crippen LogP contribution in [0.1, 0.15) is 26.3 Å². The summed E-state index contributed by atoms with van der Waals surface area (Å²) in [4.78, 5) is 20.1. The first kappa shape index (κ1) is 25.7. The predicted octanol–water partition coefficient (Wildman–Crippen LogP) is 4.43. The molecule has 0 unspecified atom stereocenters. The lowest BCUT2D eigenvalue weighted by Gasteiger charge is -2.36. The van der Waals surface area contributed by atoms with Gasteiger partial charge in [-0.05, 0) is 50.6 Å². The first-order valence-corrected chi connectivity index (χ1v) is 10.3. The molecule has 0 spiro atoms. The van der Waals surface area contributed by atoms with Gasteiger partial charge < -0.3 is 25.6 Å². The molecule has 1 heterocycles. The van der Waals surface area contributed by atoms with E-state index in [4.69, 9.17) is 10.5 Å². The Hall–Kier alpha value is -2.56. The van der Waals surface area contributed by atoms with E-state index in [-0.39, 0.29) is 48.4 Å². The fourth-order valence-electron chi connectivity index (χ4n) is 3.25. The third-order valence-corrected chi connectivity index (χ3v) is 4.76. The van der Waals surface area contributed by atoms with Gasteiger partial charge in [0.1, 0.15) is 11.4 Å². The van der Waals surface area contributed by atoms with Crippen LogP contribution in [0.3, 0.4) is 0 Å². The van der Waals surface area contributed by atoms with Crippen LogP contribution in [0.4, 0.5) is 20.6 Å². The highest BCUT2D eigenvalue weighted by Crippen LogP contribution is 2.23. The van der Waals surface area contributed by atoms with Gasteiger partial charge in [0.25, 0.3) is 0 Å². The van der Waals surface area contributed by atoms with Gasteiger partial charge in [0.15, 0.2) is 5.96 Å². The lowest BCUT2D eigenvalue weighted by atomic mass is 10.1. The summed E-state index contributed by atoms with van der Waals surface area (Å²) in [5.74, 6) is -0.0399. The van der Waals surface area contributed by atoms with Crippen molar-refractivity contribution in [3.05, 3.63) is 59.9 Å². The Balaban J connectivity index is 0.00000363. The highest BCUT2D eigenvalue weighted by Gasteiger charge is 2.26. The van der Waals surface area contributed by atoms with Crippen molar-refractivity contribution >= 4 is 47.4 Å². The summed E-state index contributed by atoms with van der Waals surface area (Å²) >= 11 is 0. The van der Waals surface area contributed by atoms with Gasteiger partial charge in [-0.2, -0.15) is 0 Å². The van der Waals surface area contributed by atoms with E-state index in [2.05, 4.69) is 10.3 Å². The van der Waals surface area contributed by atoms with Crippen LogP contribution in [0.5, 0.6) is 0 Å². The zero-order valence-electron chi connectivity index (χ0n) is 18.7. The summed E-state index contributed by atoms with van der Waals surface area (Å²) in [5.41, 5.74) is 7.47. The number of nitrogens with zero attached hydrogens (tertiary/aromatic N) is 3. The molecule has 0 aliphatic carbocycles. The molecule has 1 fully saturated rings. The lowest BCUT2D eigenvalue weighted by Crippen LogP contribution is -2.50. The fraction of sp³-hybridized carbons (Fsp3) is 0.391. The number of hydrogen-bond acceptors (Lipinski definition) is 4. The molecule has 1 amide bonds. The quantitative estimate of drug-likeness (QED) is 0.332. The Morgan fingerprint density at radius 2 is 1.78 bits per heavy atom. The maximum atomic E-state index is 14.7. The topological polar surface area (TPSA) is 83.2 Å². The van der Waals surface area contributed by atoms with Crippen LogP contribution in [0, 0.1) is 5.82 Å². The normalized spacial score (nSPS) is 14.6. The van der Waals surface area contributed by atoms with E-state index in [0.717, 1.165) is 11.3 Å². The van der Waals surface area contributed by atoms with E-state index in [1.165, 1.54) is 6.07 Å². The second kappa shape index (κ2) is 11.3. The van der Waals surface area contributed by atoms with Gasteiger partial charge >= 0.3 is 6.09 Å². The van der Waals surface area contributed by atoms with Crippen LogP contribution in [0.15, 0.2) is 53.5 Å². The SMILES string of the molecule is CC(C)(C)OC(=O)N1CCN(c2ccc(CN=C(N)Nc3ccccc3)cc2F)CC1.I. The maximum absolute atomic E-state index is 14.7. The number of ether oxygens (including phenoxy) is 1. The minimum atomic E-state index is -0.529. The minimum Gasteiger partial charge on any atom is -0.444 e. The third-order valence-electron chi connectivity index (χ3n) is 4.76. The molecule has 0 aromatic heterocycles. The number of aliphatic imine (C=N–C) groups is 1. The molecule has 0 saturated carbocycles. The average molecular weight is 555 g/mol. The van der Waals surface area contributed by atoms with Gasteiger partial charge in [-0.15, -0.1) is 24.0 Å². The minimum absolute atomic E-state index is 0. The standard InChI is InChI=1S/C23H30FN5O2.HI/c1-23(2,3)31-22(30)29-13-11-28(12-14-29)20-10-9-17(15-19(20)24)16-26-21(25)27-18-7-5-4-6-8-18;/h4-10,15H,11-14,16H2,1-3H3,(H3,25,26,27);1H. The van der Waals surface area contributed by atoms with Crippen LogP contribution in [0.25, 0.3) is 0 Å². The van der Waals surface area contributed by atoms with Gasteiger partial charge in [0.2, 0.25) is 0 Å². The van der Waals surface area contributed by atoms with Crippen molar-refractivity contribution in [3.63, 3.8) is 0 Å². The van der Waals surface area contributed by atoms with Crippen LogP contribution >= 0.6 is 24.0 Å². The number of halogens is 2. The fourth-order valence-corrected chi connectivity index (χ4v) is 3.25. The number of guanidine groups is 1. The number of nitrogens with one attached hydrogen (secondary N) is 1. The van der Waals surface area contributed by atoms with E-state index in [1.807, 2.05) is 62.1 Å². The van der Waals surface area contributed by atoms with Crippen LogP contribution in [0.2, 0.25) is 0 Å². The van der Waals surface area contributed by atoms with E-state index in [0.29, 0.717) is 31.9 Å². The van der Waals surface area contributed by atoms with Gasteiger partial charge in [0.05, 0.1) is 12.2 Å². The van der Waals surface area contributed by atoms with Crippen molar-refractivity contribution in [2.24, 2.45) is 10.7 Å². The molecule has 7 nitrogen and oxygen atoms in total. The number of rotatable bonds is 4. The summed E-state index contributed by atoms with van der Waals surface area (Å²) < 4.78 is 20.1. The van der Waals surface area contributed by atoms with Gasteiger partial charge in [-0.3, -0.25) is 0 Å². The molecule has 3 rings (SSSR count). The molecule has 0 atom stereocenters. The summed E-state index contributed by atoms with van der Waals surface area (Å²) in [7, 11) is 0. The van der Waals surface area contributed by atoms with Gasteiger partial charge in [-0.1, -0.05) is 24.3 Å². The molecule has 3 N–H and O–H groups in total. The first-order valence-electron chi connectivity index (χ1n) is 10.3. The molecule has 2 aromatic carbocycles. The molecule has 32 heavy (non-hydrogen) atoms. The number of nitrogens with two attached hydrogens (primary N) is 1. The molecular formula is C23H31FIN5O2. The zero-order chi connectivity index (χ0) is 22.4. The first-order chi connectivity index (χ1) is 14.7. The van der Waals surface area contributed by atoms with Crippen molar-refractivity contribution in [1.29, 1.82) is 0 Å². The van der Waals surface area contributed by atoms with Crippen molar-refractivity contribution in [2.45, 2.75) is 32.9 Å². The number of piperazine rings is 1. The highest BCUT2D eigenvalue weighted by molar-refractivity contribution is 14.0. The van der Waals surface area contributed by atoms with Crippen LogP contribution in [-0.4, -0.2) is 48.7 Å². The predicted molar refractivity (Wildman–Crippen MR) is 137 cm³/mol. The second-order valence-corrected chi connectivity index (χ2v) is 8.43. The Labute approximate surface area is 205 Å². The average Bonchev–Trinajstić information content (AvgIpc) is 2.72. The zero-order valence-corrected chi connectivity index (χ0v) is 21.0. The number of anilines is 2. The molecule has 9 heteroatoms. The molecule has 0 radical (unpaired) electrons. The molecular weight excluding hydrogens is 524 g/mol. The largest absolute Gasteiger partial charge is 0.444 e. The molecule has 1 saturated heterocycles. The Morgan fingerprint density at radius 3 is 2.38 bits per heavy atom. The summed E-state index contributed by atoms with van der Waals surface area (Å²) in [6.45, 7) is 7.86. The van der Waals surface area contributed by atoms with Crippen LogP contribution < -0.4 is 16.0 Å². The molecule has 0 bridgehead atoms. The van der Waals surface area contributed by atoms with Crippen LogP contribution in [-0.2, 0) is 11.3 Å². The Kier molecular flexibility index (Phi) is 9.11. The number of hydrogen-bond donors (Lipinski definition) is 2. The summed E-state index contributed by atoms with van der Waals surface area (Å²) in [6, 6.07) is 14.6. The lowest BCUT2D eigenvalue weighted by molar-refractivity contribution is 0.0240. The number of para-hydroxylation sites is 1. The van der Waals surface area contributed by atoms with Gasteiger partial charge in [0, 0.05) is 31.9 Å². The number of amides is 1. The monoisotopic (exact) mass is 555 g/mol. The smallest absolute Gasteiger partial charge is 0.410 e. The maximum Gasteiger partial charge on any atom is 0.410 e. The van der Waals surface area contributed by atoms with E-state index in [1.54, 1.807) is 11.0 Å². The van der Waals surface area contributed by atoms with E-state index in [9.17, 15) is 9.18 Å². The molecule has 2 aromatic rings. The van der Waals surface area contributed by atoms with E-state index < -0.39 is 5.60 Å². The number of carbonyl (C=O) groups excluding carboxylic acids is 1. The highest BCUT2D eigenvalue weighted by atomic mass is 127.